The van der Waals surface area contributed by atoms with E-state index >= 15 is 0 Å². The van der Waals surface area contributed by atoms with Crippen molar-refractivity contribution in [2.45, 2.75) is 37.8 Å². The van der Waals surface area contributed by atoms with Crippen molar-refractivity contribution < 1.29 is 5.11 Å². The molecular weight excluding hydrogens is 316 g/mol. The van der Waals surface area contributed by atoms with Gasteiger partial charge in [0.25, 0.3) is 0 Å². The maximum Gasteiger partial charge on any atom is 0.139 e. The van der Waals surface area contributed by atoms with Gasteiger partial charge in [-0.3, -0.25) is 9.98 Å². The molecule has 102 valence electrons. The second kappa shape index (κ2) is 4.55. The fraction of sp³-hybridized carbons (Fsp3) is 0.375. The first-order valence-corrected chi connectivity index (χ1v) is 7.90. The van der Waals surface area contributed by atoms with E-state index in [1.807, 2.05) is 24.3 Å². The largest absolute Gasteiger partial charge is 0.506 e. The van der Waals surface area contributed by atoms with Crippen LogP contribution in [0.5, 0.6) is 5.75 Å². The van der Waals surface area contributed by atoms with Gasteiger partial charge in [0.1, 0.15) is 11.1 Å². The molecule has 0 spiro atoms. The molecular formula is C16H15BrN2O. The number of hydrogen-bond donors (Lipinski definition) is 1. The number of nitrogens with zero attached hydrogens (tertiary/aromatic N) is 2. The van der Waals surface area contributed by atoms with E-state index in [9.17, 15) is 5.11 Å². The summed E-state index contributed by atoms with van der Waals surface area (Å²) in [7, 11) is 0. The summed E-state index contributed by atoms with van der Waals surface area (Å²) in [5, 5.41) is 14.0. The van der Waals surface area contributed by atoms with Crippen LogP contribution in [0.25, 0.3) is 10.8 Å². The zero-order valence-electron chi connectivity index (χ0n) is 11.0. The van der Waals surface area contributed by atoms with Crippen LogP contribution in [0.2, 0.25) is 0 Å². The van der Waals surface area contributed by atoms with E-state index < -0.39 is 0 Å². The molecule has 4 rings (SSSR count). The summed E-state index contributed by atoms with van der Waals surface area (Å²) in [5.74, 6) is 0.271. The monoisotopic (exact) mass is 330 g/mol. The summed E-state index contributed by atoms with van der Waals surface area (Å²) in [6, 6.07) is 8.47. The van der Waals surface area contributed by atoms with E-state index in [1.165, 1.54) is 12.8 Å². The molecule has 2 atom stereocenters. The van der Waals surface area contributed by atoms with Gasteiger partial charge in [0.15, 0.2) is 0 Å². The Hall–Kier alpha value is -1.42. The smallest absolute Gasteiger partial charge is 0.139 e. The minimum atomic E-state index is 0.271. The average molecular weight is 331 g/mol. The Morgan fingerprint density at radius 2 is 1.55 bits per heavy atom. The zero-order valence-corrected chi connectivity index (χ0v) is 12.6. The number of hydrogen-bond acceptors (Lipinski definition) is 3. The first-order valence-electron chi connectivity index (χ1n) is 7.10. The summed E-state index contributed by atoms with van der Waals surface area (Å²) in [4.78, 5) is 9.84. The normalized spacial score (nSPS) is 24.4. The van der Waals surface area contributed by atoms with Gasteiger partial charge >= 0.3 is 0 Å². The zero-order chi connectivity index (χ0) is 13.7. The first-order chi connectivity index (χ1) is 9.75. The molecule has 1 saturated carbocycles. The lowest BCUT2D eigenvalue weighted by atomic mass is 9.90. The van der Waals surface area contributed by atoms with Gasteiger partial charge in [-0.1, -0.05) is 37.1 Å². The van der Waals surface area contributed by atoms with Crippen molar-refractivity contribution in [1.29, 1.82) is 0 Å². The standard InChI is InChI=1S/C16H15BrN2O/c17-13-15-14(9-5-1-2-6-10(9)16(13)20)18-11-7-3-4-8-12(11)19-15/h1-2,5-6,11-12,20H,3-4,7-8H2. The number of benzene rings is 2. The number of phenols is 1. The van der Waals surface area contributed by atoms with Crippen LogP contribution in [0.15, 0.2) is 38.7 Å². The fourth-order valence-electron chi connectivity index (χ4n) is 3.33. The fourth-order valence-corrected chi connectivity index (χ4v) is 3.83. The molecule has 1 fully saturated rings. The SMILES string of the molecule is Oc1c(Br)c2c(c3ccccc13)=NC1CCCCC1N=2. The molecule has 0 radical (unpaired) electrons. The van der Waals surface area contributed by atoms with Crippen LogP contribution in [0.3, 0.4) is 0 Å². The second-order valence-electron chi connectivity index (χ2n) is 5.58. The molecule has 2 unspecified atom stereocenters. The molecule has 3 nitrogen and oxygen atoms in total. The Morgan fingerprint density at radius 1 is 0.950 bits per heavy atom. The van der Waals surface area contributed by atoms with Crippen molar-refractivity contribution >= 4 is 26.7 Å². The molecule has 1 aliphatic carbocycles. The summed E-state index contributed by atoms with van der Waals surface area (Å²) < 4.78 is 0.680. The minimum Gasteiger partial charge on any atom is -0.506 e. The lowest BCUT2D eigenvalue weighted by Gasteiger charge is -2.28. The van der Waals surface area contributed by atoms with Crippen molar-refractivity contribution in [1.82, 2.24) is 0 Å². The summed E-state index contributed by atoms with van der Waals surface area (Å²) in [6.07, 6.45) is 4.70. The van der Waals surface area contributed by atoms with Gasteiger partial charge in [0.2, 0.25) is 0 Å². The van der Waals surface area contributed by atoms with E-state index in [0.717, 1.165) is 34.3 Å². The Morgan fingerprint density at radius 3 is 2.25 bits per heavy atom. The lowest BCUT2D eigenvalue weighted by Crippen LogP contribution is -2.41. The van der Waals surface area contributed by atoms with Crippen molar-refractivity contribution in [3.8, 4) is 5.75 Å². The summed E-state index contributed by atoms with van der Waals surface area (Å²) in [6.45, 7) is 0. The summed E-state index contributed by atoms with van der Waals surface area (Å²) in [5.41, 5.74) is 0. The van der Waals surface area contributed by atoms with E-state index in [2.05, 4.69) is 15.9 Å². The molecule has 0 bridgehead atoms. The van der Waals surface area contributed by atoms with Crippen molar-refractivity contribution in [2.24, 2.45) is 9.98 Å². The van der Waals surface area contributed by atoms with Crippen molar-refractivity contribution in [3.63, 3.8) is 0 Å². The molecule has 2 aliphatic rings. The molecule has 1 N–H and O–H groups in total. The van der Waals surface area contributed by atoms with Gasteiger partial charge in [0.05, 0.1) is 21.9 Å². The highest BCUT2D eigenvalue weighted by molar-refractivity contribution is 9.10. The van der Waals surface area contributed by atoms with Crippen molar-refractivity contribution in [3.05, 3.63) is 39.5 Å². The highest BCUT2D eigenvalue weighted by Gasteiger charge is 2.27. The molecule has 0 amide bonds. The Bertz CT molecular complexity index is 815. The minimum absolute atomic E-state index is 0.271. The number of phenolic OH excluding ortho intramolecular Hbond substituents is 1. The van der Waals surface area contributed by atoms with Crippen LogP contribution in [0.1, 0.15) is 25.7 Å². The van der Waals surface area contributed by atoms with Crippen LogP contribution >= 0.6 is 15.9 Å². The third-order valence-electron chi connectivity index (χ3n) is 4.36. The number of rotatable bonds is 0. The average Bonchev–Trinajstić information content (AvgIpc) is 2.51. The van der Waals surface area contributed by atoms with Gasteiger partial charge in [-0.25, -0.2) is 0 Å². The lowest BCUT2D eigenvalue weighted by molar-refractivity contribution is 0.369. The molecule has 0 aromatic heterocycles. The topological polar surface area (TPSA) is 45.0 Å². The predicted octanol–water partition coefficient (Wildman–Crippen LogP) is 2.87. The van der Waals surface area contributed by atoms with Crippen LogP contribution in [-0.4, -0.2) is 17.2 Å². The Kier molecular flexibility index (Phi) is 2.81. The van der Waals surface area contributed by atoms with Crippen LogP contribution in [0, 0.1) is 0 Å². The molecule has 2 aromatic rings. The second-order valence-corrected chi connectivity index (χ2v) is 6.38. The molecule has 0 saturated heterocycles. The first kappa shape index (κ1) is 12.3. The molecule has 20 heavy (non-hydrogen) atoms. The van der Waals surface area contributed by atoms with E-state index in [4.69, 9.17) is 9.98 Å². The maximum atomic E-state index is 10.4. The number of halogens is 1. The van der Waals surface area contributed by atoms with Gasteiger partial charge in [-0.05, 0) is 28.8 Å². The van der Waals surface area contributed by atoms with Gasteiger partial charge in [-0.15, -0.1) is 0 Å². The third-order valence-corrected chi connectivity index (χ3v) is 5.11. The van der Waals surface area contributed by atoms with E-state index in [1.54, 1.807) is 0 Å². The molecule has 1 aliphatic heterocycles. The van der Waals surface area contributed by atoms with Gasteiger partial charge < -0.3 is 5.11 Å². The highest BCUT2D eigenvalue weighted by atomic mass is 79.9. The summed E-state index contributed by atoms with van der Waals surface area (Å²) >= 11 is 3.50. The van der Waals surface area contributed by atoms with Crippen LogP contribution in [0.4, 0.5) is 0 Å². The van der Waals surface area contributed by atoms with E-state index in [0.29, 0.717) is 10.5 Å². The number of fused-ring (bicyclic) bond motifs is 4. The third kappa shape index (κ3) is 1.71. The highest BCUT2D eigenvalue weighted by Crippen LogP contribution is 2.30. The quantitative estimate of drug-likeness (QED) is 0.793. The predicted molar refractivity (Wildman–Crippen MR) is 81.7 cm³/mol. The Balaban J connectivity index is 2.14. The number of aromatic hydroxyl groups is 1. The van der Waals surface area contributed by atoms with Crippen molar-refractivity contribution in [2.75, 3.05) is 0 Å². The Labute approximate surface area is 125 Å². The molecule has 4 heteroatoms. The van der Waals surface area contributed by atoms with E-state index in [-0.39, 0.29) is 11.8 Å². The van der Waals surface area contributed by atoms with Crippen LogP contribution in [-0.2, 0) is 0 Å². The maximum absolute atomic E-state index is 10.4. The van der Waals surface area contributed by atoms with Gasteiger partial charge in [-0.2, -0.15) is 0 Å². The molecule has 1 heterocycles. The van der Waals surface area contributed by atoms with Crippen LogP contribution < -0.4 is 10.7 Å². The van der Waals surface area contributed by atoms with Gasteiger partial charge in [0, 0.05) is 10.8 Å². The molecule has 2 aromatic carbocycles.